The van der Waals surface area contributed by atoms with E-state index in [1.165, 1.54) is 16.4 Å². The van der Waals surface area contributed by atoms with E-state index in [1.807, 2.05) is 20.8 Å². The van der Waals surface area contributed by atoms with E-state index >= 15 is 0 Å². The molecule has 1 heterocycles. The van der Waals surface area contributed by atoms with E-state index in [-0.39, 0.29) is 16.0 Å². The maximum atomic E-state index is 12.9. The van der Waals surface area contributed by atoms with Crippen molar-refractivity contribution in [3.63, 3.8) is 0 Å². The zero-order chi connectivity index (χ0) is 20.9. The van der Waals surface area contributed by atoms with Crippen molar-refractivity contribution in [3.05, 3.63) is 29.3 Å². The number of nitrogens with one attached hydrogen (secondary N) is 1. The number of hydrogen-bond donors (Lipinski definition) is 1. The SMILES string of the molecule is CCC(C)(C)NC(=O)COC(=O)c1ccc(C)c(S(=O)(=O)N2CCCCC2)c1. The van der Waals surface area contributed by atoms with E-state index in [1.54, 1.807) is 13.0 Å². The summed E-state index contributed by atoms with van der Waals surface area (Å²) in [5.74, 6) is -1.12. The number of aryl methyl sites for hydroxylation is 1. The second kappa shape index (κ2) is 9.05. The highest BCUT2D eigenvalue weighted by atomic mass is 32.2. The van der Waals surface area contributed by atoms with E-state index < -0.39 is 28.5 Å². The van der Waals surface area contributed by atoms with Crippen LogP contribution in [0.25, 0.3) is 0 Å². The van der Waals surface area contributed by atoms with Crippen LogP contribution in [0.1, 0.15) is 62.4 Å². The number of esters is 1. The summed E-state index contributed by atoms with van der Waals surface area (Å²) in [6.45, 7) is 7.97. The maximum Gasteiger partial charge on any atom is 0.338 e. The highest BCUT2D eigenvalue weighted by Gasteiger charge is 2.28. The first-order valence-corrected chi connectivity index (χ1v) is 11.1. The molecule has 0 atom stereocenters. The van der Waals surface area contributed by atoms with Crippen LogP contribution in [0.4, 0.5) is 0 Å². The van der Waals surface area contributed by atoms with Crippen LogP contribution in [0.15, 0.2) is 23.1 Å². The van der Waals surface area contributed by atoms with E-state index in [2.05, 4.69) is 5.32 Å². The van der Waals surface area contributed by atoms with Gasteiger partial charge in [-0.25, -0.2) is 13.2 Å². The van der Waals surface area contributed by atoms with Crippen LogP contribution in [0.3, 0.4) is 0 Å². The number of amides is 1. The Bertz CT molecular complexity index is 827. The summed E-state index contributed by atoms with van der Waals surface area (Å²) in [5, 5.41) is 2.78. The van der Waals surface area contributed by atoms with Gasteiger partial charge >= 0.3 is 5.97 Å². The molecular formula is C20H30N2O5S. The Labute approximate surface area is 167 Å². The number of benzene rings is 1. The molecule has 1 fully saturated rings. The average molecular weight is 411 g/mol. The summed E-state index contributed by atoms with van der Waals surface area (Å²) in [6, 6.07) is 4.45. The Hall–Kier alpha value is -1.93. The minimum Gasteiger partial charge on any atom is -0.452 e. The third-order valence-electron chi connectivity index (χ3n) is 5.05. The molecule has 0 radical (unpaired) electrons. The van der Waals surface area contributed by atoms with E-state index in [0.29, 0.717) is 18.7 Å². The summed E-state index contributed by atoms with van der Waals surface area (Å²) in [4.78, 5) is 24.4. The van der Waals surface area contributed by atoms with Crippen LogP contribution in [0, 0.1) is 6.92 Å². The van der Waals surface area contributed by atoms with Crippen LogP contribution in [0.5, 0.6) is 0 Å². The zero-order valence-corrected chi connectivity index (χ0v) is 17.9. The van der Waals surface area contributed by atoms with E-state index in [9.17, 15) is 18.0 Å². The standard InChI is InChI=1S/C20H30N2O5S/c1-5-20(3,4)21-18(23)14-27-19(24)16-10-9-15(2)17(13-16)28(25,26)22-11-7-6-8-12-22/h9-10,13H,5-8,11-12,14H2,1-4H3,(H,21,23). The average Bonchev–Trinajstić information content (AvgIpc) is 2.66. The maximum absolute atomic E-state index is 12.9. The van der Waals surface area contributed by atoms with Gasteiger partial charge in [-0.05, 0) is 57.7 Å². The van der Waals surface area contributed by atoms with Gasteiger partial charge in [0.15, 0.2) is 6.61 Å². The molecule has 28 heavy (non-hydrogen) atoms. The van der Waals surface area contributed by atoms with Crippen molar-refractivity contribution >= 4 is 21.9 Å². The fourth-order valence-corrected chi connectivity index (χ4v) is 4.73. The van der Waals surface area contributed by atoms with Gasteiger partial charge in [-0.2, -0.15) is 4.31 Å². The quantitative estimate of drug-likeness (QED) is 0.698. The highest BCUT2D eigenvalue weighted by molar-refractivity contribution is 7.89. The molecule has 0 unspecified atom stereocenters. The third-order valence-corrected chi connectivity index (χ3v) is 7.09. The molecule has 0 saturated carbocycles. The number of nitrogens with zero attached hydrogens (tertiary/aromatic N) is 1. The third kappa shape index (κ3) is 5.54. The normalized spacial score (nSPS) is 15.9. The first-order chi connectivity index (χ1) is 13.1. The lowest BCUT2D eigenvalue weighted by Gasteiger charge is -2.26. The van der Waals surface area contributed by atoms with Gasteiger partial charge in [0.25, 0.3) is 5.91 Å². The fourth-order valence-electron chi connectivity index (χ4n) is 2.97. The smallest absolute Gasteiger partial charge is 0.338 e. The fraction of sp³-hybridized carbons (Fsp3) is 0.600. The van der Waals surface area contributed by atoms with Gasteiger partial charge in [-0.1, -0.05) is 19.4 Å². The molecule has 1 aliphatic heterocycles. The molecule has 0 bridgehead atoms. The minimum atomic E-state index is -3.66. The molecule has 1 N–H and O–H groups in total. The molecule has 7 nitrogen and oxygen atoms in total. The van der Waals surface area contributed by atoms with Gasteiger partial charge in [-0.15, -0.1) is 0 Å². The molecule has 1 saturated heterocycles. The Morgan fingerprint density at radius 3 is 2.43 bits per heavy atom. The van der Waals surface area contributed by atoms with Crippen LogP contribution in [0.2, 0.25) is 0 Å². The van der Waals surface area contributed by atoms with Crippen molar-refractivity contribution in [2.45, 2.75) is 63.8 Å². The summed E-state index contributed by atoms with van der Waals surface area (Å²) < 4.78 is 32.4. The molecule has 1 aromatic carbocycles. The monoisotopic (exact) mass is 410 g/mol. The second-order valence-corrected chi connectivity index (χ2v) is 9.71. The van der Waals surface area contributed by atoms with Crippen LogP contribution >= 0.6 is 0 Å². The molecule has 0 aliphatic carbocycles. The van der Waals surface area contributed by atoms with Gasteiger partial charge < -0.3 is 10.1 Å². The van der Waals surface area contributed by atoms with Gasteiger partial charge in [0.1, 0.15) is 0 Å². The Kier molecular flexibility index (Phi) is 7.22. The van der Waals surface area contributed by atoms with Crippen molar-refractivity contribution < 1.29 is 22.7 Å². The molecule has 1 aliphatic rings. The first-order valence-electron chi connectivity index (χ1n) is 9.66. The van der Waals surface area contributed by atoms with Crippen molar-refractivity contribution in [1.29, 1.82) is 0 Å². The number of carbonyl (C=O) groups excluding carboxylic acids is 2. The number of rotatable bonds is 7. The predicted octanol–water partition coefficient (Wildman–Crippen LogP) is 2.63. The van der Waals surface area contributed by atoms with Crippen molar-refractivity contribution in [3.8, 4) is 0 Å². The van der Waals surface area contributed by atoms with Crippen LogP contribution < -0.4 is 5.32 Å². The van der Waals surface area contributed by atoms with Gasteiger partial charge in [0.2, 0.25) is 10.0 Å². The van der Waals surface area contributed by atoms with Crippen molar-refractivity contribution in [2.24, 2.45) is 0 Å². The topological polar surface area (TPSA) is 92.8 Å². The summed E-state index contributed by atoms with van der Waals surface area (Å²) in [6.07, 6.45) is 3.43. The lowest BCUT2D eigenvalue weighted by atomic mass is 10.0. The van der Waals surface area contributed by atoms with Gasteiger partial charge in [0, 0.05) is 18.6 Å². The molecular weight excluding hydrogens is 380 g/mol. The van der Waals surface area contributed by atoms with Crippen LogP contribution in [-0.2, 0) is 19.6 Å². The first kappa shape index (κ1) is 22.4. The van der Waals surface area contributed by atoms with Crippen molar-refractivity contribution in [2.75, 3.05) is 19.7 Å². The molecule has 0 spiro atoms. The predicted molar refractivity (Wildman–Crippen MR) is 107 cm³/mol. The van der Waals surface area contributed by atoms with E-state index in [0.717, 1.165) is 25.7 Å². The number of ether oxygens (including phenoxy) is 1. The number of hydrogen-bond acceptors (Lipinski definition) is 5. The zero-order valence-electron chi connectivity index (χ0n) is 17.1. The largest absolute Gasteiger partial charge is 0.452 e. The molecule has 8 heteroatoms. The molecule has 156 valence electrons. The summed E-state index contributed by atoms with van der Waals surface area (Å²) in [7, 11) is -3.66. The highest BCUT2D eigenvalue weighted by Crippen LogP contribution is 2.24. The lowest BCUT2D eigenvalue weighted by Crippen LogP contribution is -2.44. The number of piperidine rings is 1. The Morgan fingerprint density at radius 1 is 1.18 bits per heavy atom. The summed E-state index contributed by atoms with van der Waals surface area (Å²) in [5.41, 5.74) is 0.302. The van der Waals surface area contributed by atoms with Gasteiger partial charge in [0.05, 0.1) is 10.5 Å². The molecule has 1 amide bonds. The van der Waals surface area contributed by atoms with Gasteiger partial charge in [-0.3, -0.25) is 4.79 Å². The van der Waals surface area contributed by atoms with Crippen molar-refractivity contribution in [1.82, 2.24) is 9.62 Å². The number of carbonyl (C=O) groups is 2. The Morgan fingerprint density at radius 2 is 1.82 bits per heavy atom. The number of sulfonamides is 1. The molecule has 2 rings (SSSR count). The Balaban J connectivity index is 2.11. The van der Waals surface area contributed by atoms with Crippen LogP contribution in [-0.4, -0.2) is 49.8 Å². The minimum absolute atomic E-state index is 0.111. The molecule has 0 aromatic heterocycles. The summed E-state index contributed by atoms with van der Waals surface area (Å²) >= 11 is 0. The molecule has 1 aromatic rings. The van der Waals surface area contributed by atoms with E-state index in [4.69, 9.17) is 4.74 Å². The lowest BCUT2D eigenvalue weighted by molar-refractivity contribution is -0.125. The second-order valence-electron chi connectivity index (χ2n) is 7.81.